The number of phosphoric ester groups is 1. The third kappa shape index (κ3) is 63.0. The summed E-state index contributed by atoms with van der Waals surface area (Å²) in [6.07, 6.45) is 74.7. The molecular weight excluding hydrogens is 978 g/mol. The molecule has 0 aliphatic heterocycles. The molecule has 0 aromatic rings. The Bertz CT molecular complexity index is 1440. The van der Waals surface area contributed by atoms with E-state index in [2.05, 4.69) is 62.5 Å². The molecule has 0 aromatic heterocycles. The molecule has 9 nitrogen and oxygen atoms in total. The van der Waals surface area contributed by atoms with Crippen molar-refractivity contribution in [2.24, 2.45) is 0 Å². The van der Waals surface area contributed by atoms with Crippen molar-refractivity contribution in [1.29, 1.82) is 0 Å². The predicted octanol–water partition coefficient (Wildman–Crippen LogP) is 20.2. The van der Waals surface area contributed by atoms with Crippen molar-refractivity contribution in [1.82, 2.24) is 0 Å². The second-order valence-electron chi connectivity index (χ2n) is 23.5. The van der Waals surface area contributed by atoms with Crippen LogP contribution in [0.3, 0.4) is 0 Å². The highest BCUT2D eigenvalue weighted by Crippen LogP contribution is 2.38. The molecule has 0 radical (unpaired) electrons. The highest BCUT2D eigenvalue weighted by Gasteiger charge is 2.22. The molecule has 0 aromatic carbocycles. The molecule has 0 spiro atoms. The van der Waals surface area contributed by atoms with Gasteiger partial charge in [0.2, 0.25) is 0 Å². The first-order chi connectivity index (χ1) is 37.5. The van der Waals surface area contributed by atoms with Gasteiger partial charge < -0.3 is 27.9 Å². The first-order valence-electron chi connectivity index (χ1n) is 32.8. The number of quaternary nitrogens is 1. The summed E-state index contributed by atoms with van der Waals surface area (Å²) in [5, 5.41) is 0. The number of allylic oxidation sites excluding steroid dienone is 8. The molecule has 452 valence electrons. The molecule has 0 amide bonds. The van der Waals surface area contributed by atoms with Crippen molar-refractivity contribution in [3.63, 3.8) is 0 Å². The maximum absolute atomic E-state index is 12.8. The Labute approximate surface area is 477 Å². The van der Waals surface area contributed by atoms with Gasteiger partial charge in [-0.15, -0.1) is 0 Å². The molecule has 2 atom stereocenters. The van der Waals surface area contributed by atoms with Gasteiger partial charge in [-0.1, -0.05) is 300 Å². The van der Waals surface area contributed by atoms with Gasteiger partial charge in [0.15, 0.2) is 6.10 Å². The van der Waals surface area contributed by atoms with Crippen molar-refractivity contribution in [2.45, 2.75) is 322 Å². The van der Waals surface area contributed by atoms with E-state index in [0.717, 1.165) is 70.6 Å². The van der Waals surface area contributed by atoms with Crippen LogP contribution < -0.4 is 4.89 Å². The first-order valence-corrected chi connectivity index (χ1v) is 34.3. The standard InChI is InChI=1S/C67H126NO8P/c1-6-8-10-12-14-16-18-20-22-24-26-28-30-31-32-33-34-35-36-38-39-41-43-45-47-49-51-53-55-57-59-66(69)73-63-65(64-75-77(71,72)74-62-61-68(3,4)5)76-67(70)60-58-56-54-52-50-48-46-44-42-40-37-29-27-25-23-21-19-17-15-13-11-9-7-2/h9,11,15,17,21,23,27,29,65H,6-8,10,12-14,16,18-20,22,24-26,28,30-64H2,1-5H3/b11-9-,17-15-,23-21-,29-27-. The van der Waals surface area contributed by atoms with E-state index in [1.807, 2.05) is 21.1 Å². The molecule has 0 saturated heterocycles. The van der Waals surface area contributed by atoms with Gasteiger partial charge in [-0.05, 0) is 51.4 Å². The predicted molar refractivity (Wildman–Crippen MR) is 328 cm³/mol. The van der Waals surface area contributed by atoms with Crippen LogP contribution in [-0.2, 0) is 32.7 Å². The number of likely N-dealkylation sites (N-methyl/N-ethyl adjacent to an activating group) is 1. The van der Waals surface area contributed by atoms with Gasteiger partial charge in [0.1, 0.15) is 19.8 Å². The Balaban J connectivity index is 4.03. The number of hydrogen-bond donors (Lipinski definition) is 0. The molecule has 0 rings (SSSR count). The molecule has 0 aliphatic rings. The van der Waals surface area contributed by atoms with Crippen LogP contribution >= 0.6 is 7.82 Å². The zero-order valence-corrected chi connectivity index (χ0v) is 52.3. The second-order valence-corrected chi connectivity index (χ2v) is 24.9. The largest absolute Gasteiger partial charge is 0.756 e. The molecule has 0 heterocycles. The fourth-order valence-corrected chi connectivity index (χ4v) is 10.3. The van der Waals surface area contributed by atoms with Crippen LogP contribution in [-0.4, -0.2) is 70.0 Å². The van der Waals surface area contributed by atoms with Gasteiger partial charge in [-0.3, -0.25) is 14.2 Å². The van der Waals surface area contributed by atoms with Crippen molar-refractivity contribution >= 4 is 19.8 Å². The fraction of sp³-hybridized carbons (Fsp3) is 0.851. The Morgan fingerprint density at radius 1 is 0.416 bits per heavy atom. The summed E-state index contributed by atoms with van der Waals surface area (Å²) < 4.78 is 34.3. The topological polar surface area (TPSA) is 111 Å². The highest BCUT2D eigenvalue weighted by molar-refractivity contribution is 7.45. The lowest BCUT2D eigenvalue weighted by Crippen LogP contribution is -2.37. The third-order valence-electron chi connectivity index (χ3n) is 14.6. The first kappa shape index (κ1) is 75.0. The maximum atomic E-state index is 12.8. The molecule has 10 heteroatoms. The van der Waals surface area contributed by atoms with E-state index in [1.54, 1.807) is 0 Å². The zero-order valence-electron chi connectivity index (χ0n) is 51.4. The van der Waals surface area contributed by atoms with Crippen LogP contribution in [0.1, 0.15) is 316 Å². The quantitative estimate of drug-likeness (QED) is 0.0195. The Morgan fingerprint density at radius 3 is 1.10 bits per heavy atom. The molecule has 2 unspecified atom stereocenters. The van der Waals surface area contributed by atoms with E-state index in [4.69, 9.17) is 18.5 Å². The Morgan fingerprint density at radius 2 is 0.740 bits per heavy atom. The van der Waals surface area contributed by atoms with Crippen LogP contribution in [0.25, 0.3) is 0 Å². The van der Waals surface area contributed by atoms with Crippen LogP contribution in [0.2, 0.25) is 0 Å². The summed E-state index contributed by atoms with van der Waals surface area (Å²) in [5.41, 5.74) is 0. The van der Waals surface area contributed by atoms with Gasteiger partial charge in [0.25, 0.3) is 7.82 Å². The number of carbonyl (C=O) groups is 2. The van der Waals surface area contributed by atoms with Crippen molar-refractivity contribution < 1.29 is 42.1 Å². The molecule has 0 N–H and O–H groups in total. The van der Waals surface area contributed by atoms with Crippen LogP contribution in [0, 0.1) is 0 Å². The average molecular weight is 1100 g/mol. The lowest BCUT2D eigenvalue weighted by molar-refractivity contribution is -0.870. The van der Waals surface area contributed by atoms with Crippen LogP contribution in [0.15, 0.2) is 48.6 Å². The molecule has 0 saturated carbocycles. The van der Waals surface area contributed by atoms with Gasteiger partial charge in [0.05, 0.1) is 27.7 Å². The lowest BCUT2D eigenvalue weighted by atomic mass is 10.0. The van der Waals surface area contributed by atoms with E-state index in [0.29, 0.717) is 17.4 Å². The maximum Gasteiger partial charge on any atom is 0.306 e. The van der Waals surface area contributed by atoms with Gasteiger partial charge in [-0.2, -0.15) is 0 Å². The summed E-state index contributed by atoms with van der Waals surface area (Å²) in [5.74, 6) is -0.824. The molecule has 0 bridgehead atoms. The van der Waals surface area contributed by atoms with E-state index >= 15 is 0 Å². The summed E-state index contributed by atoms with van der Waals surface area (Å²) >= 11 is 0. The second kappa shape index (κ2) is 58.6. The highest BCUT2D eigenvalue weighted by atomic mass is 31.2. The number of rotatable bonds is 61. The lowest BCUT2D eigenvalue weighted by Gasteiger charge is -2.28. The minimum Gasteiger partial charge on any atom is -0.756 e. The Kier molecular flexibility index (Phi) is 57.1. The summed E-state index contributed by atoms with van der Waals surface area (Å²) in [7, 11) is 1.17. The zero-order chi connectivity index (χ0) is 56.3. The molecule has 77 heavy (non-hydrogen) atoms. The van der Waals surface area contributed by atoms with E-state index in [1.165, 1.54) is 212 Å². The summed E-state index contributed by atoms with van der Waals surface area (Å²) in [6.45, 7) is 4.18. The number of unbranched alkanes of at least 4 members (excludes halogenated alkanes) is 39. The fourth-order valence-electron chi connectivity index (χ4n) is 9.59. The van der Waals surface area contributed by atoms with Crippen LogP contribution in [0.4, 0.5) is 0 Å². The van der Waals surface area contributed by atoms with Gasteiger partial charge >= 0.3 is 11.9 Å². The number of esters is 2. The number of nitrogens with zero attached hydrogens (tertiary/aromatic N) is 1. The number of ether oxygens (including phenoxy) is 2. The van der Waals surface area contributed by atoms with Gasteiger partial charge in [0, 0.05) is 12.8 Å². The SMILES string of the molecule is CC/C=C\C/C=C\C/C=C\C/C=C\CCCCCCCCCCCCC(=O)OC(COC(=O)CCCCCCCCCCCCCCCCCCCCCCCCCCCCCCCC)COP(=O)([O-])OCC[N+](C)(C)C. The van der Waals surface area contributed by atoms with Gasteiger partial charge in [-0.25, -0.2) is 0 Å². The molecule has 0 fully saturated rings. The van der Waals surface area contributed by atoms with Crippen molar-refractivity contribution in [3.05, 3.63) is 48.6 Å². The summed E-state index contributed by atoms with van der Waals surface area (Å²) in [6, 6.07) is 0. The van der Waals surface area contributed by atoms with Crippen LogP contribution in [0.5, 0.6) is 0 Å². The minimum absolute atomic E-state index is 0.0311. The normalized spacial score (nSPS) is 13.5. The van der Waals surface area contributed by atoms with Crippen molar-refractivity contribution in [3.8, 4) is 0 Å². The van der Waals surface area contributed by atoms with Crippen molar-refractivity contribution in [2.75, 3.05) is 47.5 Å². The van der Waals surface area contributed by atoms with E-state index < -0.39 is 26.5 Å². The van der Waals surface area contributed by atoms with E-state index in [-0.39, 0.29) is 32.0 Å². The Hall–Kier alpha value is -2.03. The smallest absolute Gasteiger partial charge is 0.306 e. The number of carbonyl (C=O) groups excluding carboxylic acids is 2. The number of hydrogen-bond acceptors (Lipinski definition) is 8. The molecule has 0 aliphatic carbocycles. The number of phosphoric acid groups is 1. The molecular formula is C67H126NO8P. The minimum atomic E-state index is -4.64. The monoisotopic (exact) mass is 1100 g/mol. The third-order valence-corrected chi connectivity index (χ3v) is 15.6. The summed E-state index contributed by atoms with van der Waals surface area (Å²) in [4.78, 5) is 38.0. The van der Waals surface area contributed by atoms with E-state index in [9.17, 15) is 19.0 Å². The average Bonchev–Trinajstić information content (AvgIpc) is 3.39.